The molecule has 1 aromatic carbocycles. The minimum Gasteiger partial charge on any atom is -0.370 e. The van der Waals surface area contributed by atoms with Crippen molar-refractivity contribution in [2.75, 3.05) is 18.9 Å². The summed E-state index contributed by atoms with van der Waals surface area (Å²) in [5.41, 5.74) is 5.16. The van der Waals surface area contributed by atoms with Crippen LogP contribution in [0.3, 0.4) is 0 Å². The highest BCUT2D eigenvalue weighted by molar-refractivity contribution is 6.06. The van der Waals surface area contributed by atoms with Gasteiger partial charge in [0, 0.05) is 36.8 Å². The maximum atomic E-state index is 12.3. The highest BCUT2D eigenvalue weighted by atomic mass is 16.1. The van der Waals surface area contributed by atoms with E-state index in [-0.39, 0.29) is 17.7 Å². The molecule has 8 nitrogen and oxygen atoms in total. The van der Waals surface area contributed by atoms with Gasteiger partial charge in [0.15, 0.2) is 0 Å². The van der Waals surface area contributed by atoms with Gasteiger partial charge in [-0.05, 0) is 36.5 Å². The number of anilines is 1. The molecule has 168 valence electrons. The Bertz CT molecular complexity index is 1290. The molecule has 4 aromatic rings. The van der Waals surface area contributed by atoms with Gasteiger partial charge < -0.3 is 10.6 Å². The number of amides is 1. The van der Waals surface area contributed by atoms with Gasteiger partial charge >= 0.3 is 0 Å². The number of carbonyl (C=O) groups excluding carboxylic acids is 1. The summed E-state index contributed by atoms with van der Waals surface area (Å²) in [4.78, 5) is 25.6. The number of benzene rings is 1. The zero-order chi connectivity index (χ0) is 23.4. The van der Waals surface area contributed by atoms with Gasteiger partial charge in [0.25, 0.3) is 5.91 Å². The van der Waals surface area contributed by atoms with Gasteiger partial charge in [0.2, 0.25) is 0 Å². The van der Waals surface area contributed by atoms with Crippen molar-refractivity contribution in [3.63, 3.8) is 0 Å². The van der Waals surface area contributed by atoms with Gasteiger partial charge in [-0.1, -0.05) is 32.0 Å². The van der Waals surface area contributed by atoms with Crippen molar-refractivity contribution in [1.82, 2.24) is 30.5 Å². The first kappa shape index (κ1) is 22.3. The summed E-state index contributed by atoms with van der Waals surface area (Å²) in [6, 6.07) is 11.7. The third kappa shape index (κ3) is 4.79. The van der Waals surface area contributed by atoms with Gasteiger partial charge in [0.1, 0.15) is 12.1 Å². The Kier molecular flexibility index (Phi) is 6.53. The Morgan fingerprint density at radius 2 is 1.94 bits per heavy atom. The second-order valence-electron chi connectivity index (χ2n) is 8.20. The van der Waals surface area contributed by atoms with E-state index in [1.165, 1.54) is 0 Å². The molecule has 0 aliphatic heterocycles. The van der Waals surface area contributed by atoms with Crippen molar-refractivity contribution >= 4 is 22.6 Å². The van der Waals surface area contributed by atoms with E-state index in [9.17, 15) is 4.79 Å². The lowest BCUT2D eigenvalue weighted by molar-refractivity contribution is 0.0964. The van der Waals surface area contributed by atoms with Crippen molar-refractivity contribution in [2.45, 2.75) is 26.7 Å². The van der Waals surface area contributed by atoms with Gasteiger partial charge in [-0.15, -0.1) is 0 Å². The minimum absolute atomic E-state index is 0.110. The first-order valence-electron chi connectivity index (χ1n) is 10.9. The number of rotatable bonds is 7. The predicted octanol–water partition coefficient (Wildman–Crippen LogP) is 4.00. The Hall–Kier alpha value is -3.94. The summed E-state index contributed by atoms with van der Waals surface area (Å²) in [5.74, 6) is 1.14. The largest absolute Gasteiger partial charge is 0.370 e. The van der Waals surface area contributed by atoms with Crippen molar-refractivity contribution in [3.8, 4) is 11.3 Å². The molecular formula is C25H27N7O. The maximum absolute atomic E-state index is 12.3. The third-order valence-electron chi connectivity index (χ3n) is 5.96. The van der Waals surface area contributed by atoms with Crippen molar-refractivity contribution in [2.24, 2.45) is 5.92 Å². The Labute approximate surface area is 192 Å². The Morgan fingerprint density at radius 3 is 2.73 bits per heavy atom. The number of para-hydroxylation sites is 1. The monoisotopic (exact) mass is 441 g/mol. The Morgan fingerprint density at radius 1 is 1.09 bits per heavy atom. The predicted molar refractivity (Wildman–Crippen MR) is 129 cm³/mol. The van der Waals surface area contributed by atoms with Gasteiger partial charge in [0.05, 0.1) is 28.7 Å². The molecule has 3 heterocycles. The lowest BCUT2D eigenvalue weighted by atomic mass is 9.87. The molecule has 0 saturated heterocycles. The Balaban J connectivity index is 1.52. The number of carbonyl (C=O) groups is 1. The van der Waals surface area contributed by atoms with Gasteiger partial charge in [-0.25, -0.2) is 9.97 Å². The summed E-state index contributed by atoms with van der Waals surface area (Å²) < 4.78 is 0. The molecule has 3 aromatic heterocycles. The molecule has 0 spiro atoms. The molecular weight excluding hydrogens is 414 g/mol. The van der Waals surface area contributed by atoms with Crippen LogP contribution in [0.5, 0.6) is 0 Å². The van der Waals surface area contributed by atoms with Crippen LogP contribution >= 0.6 is 0 Å². The zero-order valence-corrected chi connectivity index (χ0v) is 19.2. The van der Waals surface area contributed by atoms with Gasteiger partial charge in [-0.2, -0.15) is 10.2 Å². The lowest BCUT2D eigenvalue weighted by Crippen LogP contribution is -2.19. The number of aryl methyl sites for hydroxylation is 1. The fourth-order valence-electron chi connectivity index (χ4n) is 3.87. The van der Waals surface area contributed by atoms with Crippen molar-refractivity contribution in [1.29, 1.82) is 0 Å². The van der Waals surface area contributed by atoms with Crippen molar-refractivity contribution in [3.05, 3.63) is 71.9 Å². The zero-order valence-electron chi connectivity index (χ0n) is 19.2. The standard InChI is InChI=1S/C25H27N7O/c1-15(12-28-23-11-22(29-14-30-23)18-10-16(2)32-31-13-18)17(3)19-6-5-7-20-21(25(33)26-4)8-9-27-24(19)20/h5-11,13-15,17H,12H2,1-4H3,(H,26,33)(H,28,29,30)/t15-,17?/m1/s1. The third-order valence-corrected chi connectivity index (χ3v) is 5.96. The van der Waals surface area contributed by atoms with Crippen LogP contribution in [0.4, 0.5) is 5.82 Å². The SMILES string of the molecule is CNC(=O)c1ccnc2c(C(C)[C@H](C)CNc3cc(-c4cnnc(C)c4)ncn3)cccc12. The average molecular weight is 442 g/mol. The molecule has 0 aliphatic carbocycles. The smallest absolute Gasteiger partial charge is 0.251 e. The van der Waals surface area contributed by atoms with Crippen LogP contribution in [0.1, 0.15) is 41.4 Å². The molecule has 0 aliphatic rings. The summed E-state index contributed by atoms with van der Waals surface area (Å²) in [5, 5.41) is 15.0. The minimum atomic E-state index is -0.110. The van der Waals surface area contributed by atoms with Crippen LogP contribution in [-0.4, -0.2) is 44.6 Å². The number of fused-ring (bicyclic) bond motifs is 1. The van der Waals surface area contributed by atoms with Crippen LogP contribution < -0.4 is 10.6 Å². The van der Waals surface area contributed by atoms with Crippen LogP contribution in [0.2, 0.25) is 0 Å². The normalized spacial score (nSPS) is 12.8. The summed E-state index contributed by atoms with van der Waals surface area (Å²) >= 11 is 0. The summed E-state index contributed by atoms with van der Waals surface area (Å²) in [6.45, 7) is 7.00. The molecule has 0 fully saturated rings. The molecule has 2 N–H and O–H groups in total. The van der Waals surface area contributed by atoms with E-state index >= 15 is 0 Å². The fraction of sp³-hybridized carbons (Fsp3) is 0.280. The number of hydrogen-bond donors (Lipinski definition) is 2. The quantitative estimate of drug-likeness (QED) is 0.446. The summed E-state index contributed by atoms with van der Waals surface area (Å²) in [7, 11) is 1.64. The van der Waals surface area contributed by atoms with Crippen LogP contribution in [0.25, 0.3) is 22.2 Å². The summed E-state index contributed by atoms with van der Waals surface area (Å²) in [6.07, 6.45) is 4.95. The molecule has 4 rings (SSSR count). The second kappa shape index (κ2) is 9.68. The highest BCUT2D eigenvalue weighted by Crippen LogP contribution is 2.31. The number of pyridine rings is 1. The first-order valence-corrected chi connectivity index (χ1v) is 10.9. The maximum Gasteiger partial charge on any atom is 0.251 e. The molecule has 33 heavy (non-hydrogen) atoms. The van der Waals surface area contributed by atoms with E-state index in [0.29, 0.717) is 5.56 Å². The number of nitrogens with one attached hydrogen (secondary N) is 2. The first-order chi connectivity index (χ1) is 16.0. The molecule has 0 radical (unpaired) electrons. The second-order valence-corrected chi connectivity index (χ2v) is 8.20. The van der Waals surface area contributed by atoms with Crippen LogP contribution in [0, 0.1) is 12.8 Å². The van der Waals surface area contributed by atoms with Crippen LogP contribution in [-0.2, 0) is 0 Å². The molecule has 2 atom stereocenters. The van der Waals surface area contributed by atoms with E-state index in [2.05, 4.69) is 55.7 Å². The van der Waals surface area contributed by atoms with Crippen LogP contribution in [0.15, 0.2) is 55.1 Å². The van der Waals surface area contributed by atoms with Gasteiger partial charge in [-0.3, -0.25) is 9.78 Å². The topological polar surface area (TPSA) is 106 Å². The highest BCUT2D eigenvalue weighted by Gasteiger charge is 2.19. The molecule has 1 unspecified atom stereocenters. The average Bonchev–Trinajstić information content (AvgIpc) is 2.85. The molecule has 8 heteroatoms. The number of aromatic nitrogens is 5. The van der Waals surface area contributed by atoms with E-state index in [4.69, 9.17) is 0 Å². The molecule has 1 amide bonds. The van der Waals surface area contributed by atoms with E-state index in [1.807, 2.05) is 31.2 Å². The van der Waals surface area contributed by atoms with E-state index in [1.54, 1.807) is 31.8 Å². The van der Waals surface area contributed by atoms with Crippen molar-refractivity contribution < 1.29 is 4.79 Å². The lowest BCUT2D eigenvalue weighted by Gasteiger charge is -2.22. The van der Waals surface area contributed by atoms with E-state index in [0.717, 1.165) is 45.8 Å². The number of hydrogen-bond acceptors (Lipinski definition) is 7. The fourth-order valence-corrected chi connectivity index (χ4v) is 3.87. The number of nitrogens with zero attached hydrogens (tertiary/aromatic N) is 5. The molecule has 0 bridgehead atoms. The van der Waals surface area contributed by atoms with E-state index < -0.39 is 0 Å². The molecule has 0 saturated carbocycles.